The third kappa shape index (κ3) is 5.56. The van der Waals surface area contributed by atoms with Crippen LogP contribution in [0.1, 0.15) is 50.9 Å². The van der Waals surface area contributed by atoms with E-state index in [-0.39, 0.29) is 22.0 Å². The van der Waals surface area contributed by atoms with Crippen molar-refractivity contribution < 1.29 is 17.9 Å². The Balaban J connectivity index is 2.66. The zero-order valence-electron chi connectivity index (χ0n) is 16.8. The highest BCUT2D eigenvalue weighted by Crippen LogP contribution is 2.38. The van der Waals surface area contributed by atoms with Crippen molar-refractivity contribution in [1.82, 2.24) is 0 Å². The quantitative estimate of drug-likeness (QED) is 0.496. The number of primary sulfonamides is 1. The molecule has 0 fully saturated rings. The van der Waals surface area contributed by atoms with E-state index in [1.807, 2.05) is 6.07 Å². The van der Waals surface area contributed by atoms with Gasteiger partial charge in [-0.25, -0.2) is 13.6 Å². The monoisotopic (exact) mass is 404 g/mol. The Morgan fingerprint density at radius 3 is 2.32 bits per heavy atom. The molecule has 0 amide bonds. The van der Waals surface area contributed by atoms with Gasteiger partial charge >= 0.3 is 0 Å². The van der Waals surface area contributed by atoms with Gasteiger partial charge in [0.2, 0.25) is 10.0 Å². The molecule has 152 valence electrons. The Kier molecular flexibility index (Phi) is 6.85. The van der Waals surface area contributed by atoms with Crippen molar-refractivity contribution >= 4 is 21.5 Å². The van der Waals surface area contributed by atoms with Gasteiger partial charge < -0.3 is 10.1 Å². The molecule has 0 unspecified atom stereocenters. The summed E-state index contributed by atoms with van der Waals surface area (Å²) >= 11 is 0. The van der Waals surface area contributed by atoms with Crippen LogP contribution in [0.4, 0.5) is 5.69 Å². The molecule has 2 aromatic carbocycles. The number of Topliss-reactive ketones (excluding diaryl/α,β-unsaturated/α-hetero) is 1. The van der Waals surface area contributed by atoms with Gasteiger partial charge in [0.1, 0.15) is 10.6 Å². The minimum atomic E-state index is -4.13. The number of carbonyl (C=O) groups is 1. The third-order valence-corrected chi connectivity index (χ3v) is 5.03. The number of benzene rings is 2. The van der Waals surface area contributed by atoms with Gasteiger partial charge in [-0.15, -0.1) is 0 Å². The number of nitrogens with two attached hydrogens (primary N) is 1. The van der Waals surface area contributed by atoms with Crippen LogP contribution in [0.2, 0.25) is 0 Å². The van der Waals surface area contributed by atoms with Gasteiger partial charge in [0, 0.05) is 17.5 Å². The molecule has 0 heterocycles. The average Bonchev–Trinajstić information content (AvgIpc) is 2.61. The number of carbonyl (C=O) groups excluding carboxylic acids is 1. The molecular formula is C21H28N2O4S. The van der Waals surface area contributed by atoms with Crippen LogP contribution in [-0.2, 0) is 10.0 Å². The summed E-state index contributed by atoms with van der Waals surface area (Å²) in [7, 11) is -4.13. The van der Waals surface area contributed by atoms with Crippen LogP contribution >= 0.6 is 0 Å². The Hall–Kier alpha value is -2.38. The van der Waals surface area contributed by atoms with Crippen molar-refractivity contribution in [2.24, 2.45) is 10.6 Å². The highest BCUT2D eigenvalue weighted by Gasteiger charge is 2.28. The summed E-state index contributed by atoms with van der Waals surface area (Å²) in [4.78, 5) is 12.6. The number of para-hydroxylation sites is 1. The molecule has 0 atom stereocenters. The number of nitrogens with one attached hydrogen (secondary N) is 1. The van der Waals surface area contributed by atoms with Gasteiger partial charge in [-0.1, -0.05) is 52.3 Å². The van der Waals surface area contributed by atoms with E-state index in [1.165, 1.54) is 6.07 Å². The molecule has 0 saturated carbocycles. The molecule has 0 aliphatic carbocycles. The Labute approximate surface area is 167 Å². The molecule has 0 spiro atoms. The van der Waals surface area contributed by atoms with Crippen molar-refractivity contribution in [2.75, 3.05) is 11.9 Å². The second-order valence-corrected chi connectivity index (χ2v) is 9.20. The maximum Gasteiger partial charge on any atom is 0.241 e. The van der Waals surface area contributed by atoms with Crippen LogP contribution < -0.4 is 15.2 Å². The predicted molar refractivity (Wildman–Crippen MR) is 112 cm³/mol. The second-order valence-electron chi connectivity index (χ2n) is 7.67. The summed E-state index contributed by atoms with van der Waals surface area (Å²) in [5.41, 5.74) is 0.0327. The van der Waals surface area contributed by atoms with Crippen molar-refractivity contribution in [3.63, 3.8) is 0 Å². The van der Waals surface area contributed by atoms with Gasteiger partial charge in [-0.05, 0) is 30.7 Å². The largest absolute Gasteiger partial charge is 0.454 e. The zero-order valence-corrected chi connectivity index (χ0v) is 17.6. The lowest BCUT2D eigenvalue weighted by Gasteiger charge is -2.21. The summed E-state index contributed by atoms with van der Waals surface area (Å²) < 4.78 is 30.5. The average molecular weight is 405 g/mol. The standard InChI is InChI=1S/C21H28N2O4S/c1-5-6-12-23-17-13-15(20(24)21(2,3)4)14-18(28(22,25)26)19(17)27-16-10-8-7-9-11-16/h7-11,13-14,23H,5-6,12H2,1-4H3,(H2,22,25,26). The number of hydrogen-bond acceptors (Lipinski definition) is 5. The molecule has 28 heavy (non-hydrogen) atoms. The Morgan fingerprint density at radius 1 is 1.14 bits per heavy atom. The van der Waals surface area contributed by atoms with Crippen LogP contribution in [0.15, 0.2) is 47.4 Å². The number of anilines is 1. The van der Waals surface area contributed by atoms with Crippen molar-refractivity contribution in [1.29, 1.82) is 0 Å². The van der Waals surface area contributed by atoms with Crippen LogP contribution in [0.3, 0.4) is 0 Å². The normalized spacial score (nSPS) is 11.9. The van der Waals surface area contributed by atoms with E-state index >= 15 is 0 Å². The maximum atomic E-state index is 12.8. The predicted octanol–water partition coefficient (Wildman–Crippen LogP) is 4.57. The topological polar surface area (TPSA) is 98.5 Å². The van der Waals surface area contributed by atoms with Crippen molar-refractivity contribution in [2.45, 2.75) is 45.4 Å². The first-order chi connectivity index (χ1) is 13.0. The fourth-order valence-electron chi connectivity index (χ4n) is 2.62. The van der Waals surface area contributed by atoms with E-state index in [0.29, 0.717) is 18.0 Å². The van der Waals surface area contributed by atoms with Crippen LogP contribution in [-0.4, -0.2) is 20.7 Å². The summed E-state index contributed by atoms with van der Waals surface area (Å²) in [6.07, 6.45) is 1.84. The van der Waals surface area contributed by atoms with Gasteiger partial charge in [-0.2, -0.15) is 0 Å². The second kappa shape index (κ2) is 8.75. The molecule has 0 radical (unpaired) electrons. The molecule has 7 heteroatoms. The molecule has 0 aliphatic rings. The summed E-state index contributed by atoms with van der Waals surface area (Å²) in [5.74, 6) is 0.387. The van der Waals surface area contributed by atoms with E-state index in [2.05, 4.69) is 12.2 Å². The van der Waals surface area contributed by atoms with Gasteiger partial charge in [0.05, 0.1) is 5.69 Å². The summed E-state index contributed by atoms with van der Waals surface area (Å²) in [6, 6.07) is 11.8. The lowest BCUT2D eigenvalue weighted by atomic mass is 9.86. The fraction of sp³-hybridized carbons (Fsp3) is 0.381. The number of ketones is 1. The lowest BCUT2D eigenvalue weighted by Crippen LogP contribution is -2.22. The molecule has 0 aromatic heterocycles. The number of sulfonamides is 1. The van der Waals surface area contributed by atoms with Crippen LogP contribution in [0, 0.1) is 5.41 Å². The minimum Gasteiger partial charge on any atom is -0.454 e. The first-order valence-electron chi connectivity index (χ1n) is 9.26. The molecule has 0 bridgehead atoms. The highest BCUT2D eigenvalue weighted by molar-refractivity contribution is 7.89. The molecule has 2 aromatic rings. The van der Waals surface area contributed by atoms with E-state index < -0.39 is 15.4 Å². The SMILES string of the molecule is CCCCNc1cc(C(=O)C(C)(C)C)cc(S(N)(=O)=O)c1Oc1ccccc1. The van der Waals surface area contributed by atoms with E-state index in [1.54, 1.807) is 51.1 Å². The smallest absolute Gasteiger partial charge is 0.241 e. The van der Waals surface area contributed by atoms with Gasteiger partial charge in [0.15, 0.2) is 11.5 Å². The third-order valence-electron chi connectivity index (χ3n) is 4.11. The van der Waals surface area contributed by atoms with Gasteiger partial charge in [-0.3, -0.25) is 4.79 Å². The molecule has 3 N–H and O–H groups in total. The summed E-state index contributed by atoms with van der Waals surface area (Å²) in [6.45, 7) is 8.01. The number of hydrogen-bond donors (Lipinski definition) is 2. The first kappa shape index (κ1) is 21.9. The minimum absolute atomic E-state index is 0.0928. The zero-order chi connectivity index (χ0) is 20.9. The Bertz CT molecular complexity index is 933. The molecule has 2 rings (SSSR count). The molecule has 6 nitrogen and oxygen atoms in total. The van der Waals surface area contributed by atoms with Crippen LogP contribution in [0.25, 0.3) is 0 Å². The maximum absolute atomic E-state index is 12.8. The first-order valence-corrected chi connectivity index (χ1v) is 10.8. The van der Waals surface area contributed by atoms with E-state index in [0.717, 1.165) is 12.8 Å². The van der Waals surface area contributed by atoms with Crippen molar-refractivity contribution in [3.8, 4) is 11.5 Å². The number of rotatable bonds is 8. The number of ether oxygens (including phenoxy) is 1. The van der Waals surface area contributed by atoms with E-state index in [9.17, 15) is 13.2 Å². The van der Waals surface area contributed by atoms with E-state index in [4.69, 9.17) is 9.88 Å². The van der Waals surface area contributed by atoms with Crippen LogP contribution in [0.5, 0.6) is 11.5 Å². The van der Waals surface area contributed by atoms with Crippen molar-refractivity contribution in [3.05, 3.63) is 48.0 Å². The fourth-order valence-corrected chi connectivity index (χ4v) is 3.32. The summed E-state index contributed by atoms with van der Waals surface area (Å²) in [5, 5.41) is 8.66. The van der Waals surface area contributed by atoms with Gasteiger partial charge in [0.25, 0.3) is 0 Å². The highest BCUT2D eigenvalue weighted by atomic mass is 32.2. The molecule has 0 saturated heterocycles. The Morgan fingerprint density at radius 2 is 1.79 bits per heavy atom. The lowest BCUT2D eigenvalue weighted by molar-refractivity contribution is 0.0858. The number of unbranched alkanes of at least 4 members (excludes halogenated alkanes) is 1. The molecular weight excluding hydrogens is 376 g/mol. The molecule has 0 aliphatic heterocycles.